The van der Waals surface area contributed by atoms with E-state index in [4.69, 9.17) is 0 Å². The highest BCUT2D eigenvalue weighted by Gasteiger charge is 2.27. The van der Waals surface area contributed by atoms with E-state index in [0.717, 1.165) is 31.2 Å². The van der Waals surface area contributed by atoms with Crippen LogP contribution in [-0.4, -0.2) is 35.8 Å². The molecule has 1 aromatic rings. The van der Waals surface area contributed by atoms with Gasteiger partial charge in [-0.05, 0) is 56.2 Å². The van der Waals surface area contributed by atoms with Gasteiger partial charge in [-0.3, -0.25) is 9.59 Å². The number of amides is 2. The molecule has 0 radical (unpaired) electrons. The molecular formula is C22H29FN2O2. The minimum Gasteiger partial charge on any atom is -0.349 e. The maximum atomic E-state index is 14.3. The van der Waals surface area contributed by atoms with Crippen molar-refractivity contribution in [2.75, 3.05) is 13.1 Å². The highest BCUT2D eigenvalue weighted by molar-refractivity contribution is 5.95. The summed E-state index contributed by atoms with van der Waals surface area (Å²) in [6.45, 7) is 2.87. The molecule has 1 heterocycles. The van der Waals surface area contributed by atoms with Gasteiger partial charge >= 0.3 is 0 Å². The summed E-state index contributed by atoms with van der Waals surface area (Å²) in [6, 6.07) is 7.51. The monoisotopic (exact) mass is 372 g/mol. The number of hydrogen-bond acceptors (Lipinski definition) is 2. The molecule has 0 aromatic heterocycles. The number of halogens is 1. The number of nitrogens with one attached hydrogen (secondary N) is 1. The van der Waals surface area contributed by atoms with Crippen LogP contribution in [0, 0.1) is 12.8 Å². The van der Waals surface area contributed by atoms with Crippen LogP contribution < -0.4 is 5.32 Å². The summed E-state index contributed by atoms with van der Waals surface area (Å²) < 4.78 is 14.3. The fraction of sp³-hybridized carbons (Fsp3) is 0.545. The number of aryl methyl sites for hydroxylation is 1. The third-order valence-electron chi connectivity index (χ3n) is 5.74. The van der Waals surface area contributed by atoms with Gasteiger partial charge in [0.1, 0.15) is 0 Å². The Morgan fingerprint density at radius 1 is 1.07 bits per heavy atom. The Morgan fingerprint density at radius 2 is 1.74 bits per heavy atom. The molecule has 0 atom stereocenters. The van der Waals surface area contributed by atoms with Crippen LogP contribution in [0.5, 0.6) is 0 Å². The molecule has 1 aliphatic carbocycles. The highest BCUT2D eigenvalue weighted by Crippen LogP contribution is 2.26. The van der Waals surface area contributed by atoms with Gasteiger partial charge in [-0.25, -0.2) is 4.39 Å². The molecule has 0 unspecified atom stereocenters. The summed E-state index contributed by atoms with van der Waals surface area (Å²) in [6.07, 6.45) is 8.25. The zero-order valence-electron chi connectivity index (χ0n) is 16.0. The minimum atomic E-state index is -0.607. The van der Waals surface area contributed by atoms with Gasteiger partial charge < -0.3 is 10.2 Å². The van der Waals surface area contributed by atoms with Gasteiger partial charge in [0, 0.05) is 24.7 Å². The Bertz CT molecular complexity index is 702. The van der Waals surface area contributed by atoms with E-state index in [1.165, 1.54) is 12.5 Å². The fourth-order valence-electron chi connectivity index (χ4n) is 4.05. The predicted octanol–water partition coefficient (Wildman–Crippen LogP) is 4.15. The molecule has 4 nitrogen and oxygen atoms in total. The average molecular weight is 372 g/mol. The van der Waals surface area contributed by atoms with Gasteiger partial charge in [0.15, 0.2) is 5.83 Å². The lowest BCUT2D eigenvalue weighted by Crippen LogP contribution is -2.46. The van der Waals surface area contributed by atoms with Gasteiger partial charge in [0.25, 0.3) is 11.8 Å². The van der Waals surface area contributed by atoms with Crippen LogP contribution in [0.3, 0.4) is 0 Å². The first kappa shape index (κ1) is 19.6. The maximum absolute atomic E-state index is 14.3. The first-order valence-corrected chi connectivity index (χ1v) is 10.1. The lowest BCUT2D eigenvalue weighted by molar-refractivity contribution is -0.129. The molecule has 146 valence electrons. The first-order valence-electron chi connectivity index (χ1n) is 10.1. The second-order valence-corrected chi connectivity index (χ2v) is 7.77. The molecule has 1 N–H and O–H groups in total. The lowest BCUT2D eigenvalue weighted by Gasteiger charge is -2.32. The molecule has 1 saturated heterocycles. The molecule has 27 heavy (non-hydrogen) atoms. The SMILES string of the molecule is Cc1ccccc1C(=O)NC1CCN(C(=O)C(F)=CC2CCCCC2)CC1. The minimum absolute atomic E-state index is 0.0199. The Labute approximate surface area is 160 Å². The molecule has 0 spiro atoms. The fourth-order valence-corrected chi connectivity index (χ4v) is 4.05. The first-order chi connectivity index (χ1) is 13.0. The number of hydrogen-bond donors (Lipinski definition) is 1. The Hall–Kier alpha value is -2.17. The second kappa shape index (κ2) is 9.16. The Balaban J connectivity index is 1.49. The number of piperidine rings is 1. The van der Waals surface area contributed by atoms with Crippen molar-refractivity contribution in [3.63, 3.8) is 0 Å². The molecule has 0 bridgehead atoms. The maximum Gasteiger partial charge on any atom is 0.282 e. The molecule has 1 aliphatic heterocycles. The summed E-state index contributed by atoms with van der Waals surface area (Å²) in [5, 5.41) is 3.05. The van der Waals surface area contributed by atoms with Crippen LogP contribution in [0.4, 0.5) is 4.39 Å². The van der Waals surface area contributed by atoms with Crippen LogP contribution in [-0.2, 0) is 4.79 Å². The lowest BCUT2D eigenvalue weighted by atomic mass is 9.89. The van der Waals surface area contributed by atoms with Crippen LogP contribution >= 0.6 is 0 Å². The number of nitrogens with zero attached hydrogens (tertiary/aromatic N) is 1. The van der Waals surface area contributed by atoms with Crippen molar-refractivity contribution in [1.29, 1.82) is 0 Å². The molecule has 2 fully saturated rings. The van der Waals surface area contributed by atoms with E-state index >= 15 is 0 Å². The topological polar surface area (TPSA) is 49.4 Å². The molecule has 1 aromatic carbocycles. The van der Waals surface area contributed by atoms with E-state index in [2.05, 4.69) is 5.32 Å². The molecule has 2 aliphatic rings. The van der Waals surface area contributed by atoms with Crippen molar-refractivity contribution >= 4 is 11.8 Å². The summed E-state index contributed by atoms with van der Waals surface area (Å²) >= 11 is 0. The van der Waals surface area contributed by atoms with Crippen molar-refractivity contribution in [3.05, 3.63) is 47.3 Å². The molecular weight excluding hydrogens is 343 g/mol. The van der Waals surface area contributed by atoms with Gasteiger partial charge in [-0.15, -0.1) is 0 Å². The number of benzene rings is 1. The van der Waals surface area contributed by atoms with Crippen molar-refractivity contribution < 1.29 is 14.0 Å². The van der Waals surface area contributed by atoms with Gasteiger partial charge in [-0.1, -0.05) is 37.5 Å². The van der Waals surface area contributed by atoms with Crippen molar-refractivity contribution in [1.82, 2.24) is 10.2 Å². The standard InChI is InChI=1S/C22H29FN2O2/c1-16-7-5-6-10-19(16)21(26)24-18-11-13-25(14-12-18)22(27)20(23)15-17-8-3-2-4-9-17/h5-7,10,15,17-18H,2-4,8-9,11-14H2,1H3,(H,24,26). The number of carbonyl (C=O) groups excluding carboxylic acids is 2. The third-order valence-corrected chi connectivity index (χ3v) is 5.74. The van der Waals surface area contributed by atoms with E-state index in [1.807, 2.05) is 31.2 Å². The third kappa shape index (κ3) is 5.18. The number of carbonyl (C=O) groups is 2. The zero-order chi connectivity index (χ0) is 19.2. The molecule has 1 saturated carbocycles. The second-order valence-electron chi connectivity index (χ2n) is 7.77. The molecule has 3 rings (SSSR count). The highest BCUT2D eigenvalue weighted by atomic mass is 19.1. The molecule has 5 heteroatoms. The van der Waals surface area contributed by atoms with Crippen molar-refractivity contribution in [2.24, 2.45) is 5.92 Å². The number of rotatable bonds is 4. The van der Waals surface area contributed by atoms with E-state index < -0.39 is 11.7 Å². The van der Waals surface area contributed by atoms with Crippen LogP contribution in [0.15, 0.2) is 36.2 Å². The Kier molecular flexibility index (Phi) is 6.64. The number of likely N-dealkylation sites (tertiary alicyclic amines) is 1. The van der Waals surface area contributed by atoms with Crippen molar-refractivity contribution in [2.45, 2.75) is 57.9 Å². The van der Waals surface area contributed by atoms with Crippen LogP contribution in [0.2, 0.25) is 0 Å². The summed E-state index contributed by atoms with van der Waals surface area (Å²) in [5.74, 6) is -0.983. The van der Waals surface area contributed by atoms with E-state index in [9.17, 15) is 14.0 Å². The molecule has 2 amide bonds. The Morgan fingerprint density at radius 3 is 2.41 bits per heavy atom. The van der Waals surface area contributed by atoms with E-state index in [1.54, 1.807) is 4.90 Å². The van der Waals surface area contributed by atoms with E-state index in [-0.39, 0.29) is 17.9 Å². The summed E-state index contributed by atoms with van der Waals surface area (Å²) in [5.41, 5.74) is 1.62. The predicted molar refractivity (Wildman–Crippen MR) is 104 cm³/mol. The van der Waals surface area contributed by atoms with Crippen molar-refractivity contribution in [3.8, 4) is 0 Å². The van der Waals surface area contributed by atoms with E-state index in [0.29, 0.717) is 31.5 Å². The largest absolute Gasteiger partial charge is 0.349 e. The summed E-state index contributed by atoms with van der Waals surface area (Å²) in [4.78, 5) is 26.4. The van der Waals surface area contributed by atoms with Gasteiger partial charge in [0.05, 0.1) is 0 Å². The van der Waals surface area contributed by atoms with Gasteiger partial charge in [0.2, 0.25) is 0 Å². The quantitative estimate of drug-likeness (QED) is 0.807. The smallest absolute Gasteiger partial charge is 0.282 e. The normalized spacial score (nSPS) is 19.8. The summed E-state index contributed by atoms with van der Waals surface area (Å²) in [7, 11) is 0. The number of allylic oxidation sites excluding steroid dienone is 1. The zero-order valence-corrected chi connectivity index (χ0v) is 16.0. The van der Waals surface area contributed by atoms with Crippen LogP contribution in [0.1, 0.15) is 60.9 Å². The van der Waals surface area contributed by atoms with Gasteiger partial charge in [-0.2, -0.15) is 0 Å². The average Bonchev–Trinajstić information content (AvgIpc) is 2.69. The van der Waals surface area contributed by atoms with Crippen LogP contribution in [0.25, 0.3) is 0 Å².